The summed E-state index contributed by atoms with van der Waals surface area (Å²) in [6.07, 6.45) is 4.38. The van der Waals surface area contributed by atoms with E-state index in [-0.39, 0.29) is 11.8 Å². The largest absolute Gasteiger partial charge is 0.475 e. The summed E-state index contributed by atoms with van der Waals surface area (Å²) in [5.74, 6) is -0.595. The zero-order valence-electron chi connectivity index (χ0n) is 14.7. The Bertz CT molecular complexity index is 1100. The number of benzene rings is 2. The molecule has 2 N–H and O–H groups in total. The Kier molecular flexibility index (Phi) is 2.91. The Morgan fingerprint density at radius 3 is 2.82 bits per heavy atom. The molecule has 2 amide bonds. The molecule has 6 nitrogen and oxygen atoms in total. The van der Waals surface area contributed by atoms with Crippen LogP contribution in [0.5, 0.6) is 0 Å². The van der Waals surface area contributed by atoms with E-state index >= 15 is 0 Å². The topological polar surface area (TPSA) is 70.7 Å². The average Bonchev–Trinajstić information content (AvgIpc) is 3.26. The summed E-state index contributed by atoms with van der Waals surface area (Å²) in [5.41, 5.74) is 0.841. The van der Waals surface area contributed by atoms with E-state index in [1.807, 2.05) is 30.3 Å². The molecule has 4 aliphatic rings. The highest BCUT2D eigenvalue weighted by Crippen LogP contribution is 2.60. The molecule has 1 saturated heterocycles. The van der Waals surface area contributed by atoms with Gasteiger partial charge >= 0.3 is 0 Å². The zero-order chi connectivity index (χ0) is 19.1. The van der Waals surface area contributed by atoms with Crippen molar-refractivity contribution in [2.24, 2.45) is 5.92 Å². The first kappa shape index (κ1) is 16.0. The predicted octanol–water partition coefficient (Wildman–Crippen LogP) is 3.60. The number of fused-ring (bicyclic) bond motifs is 5. The minimum absolute atomic E-state index is 0.0104. The van der Waals surface area contributed by atoms with Crippen LogP contribution in [0.25, 0.3) is 0 Å². The van der Waals surface area contributed by atoms with Crippen LogP contribution in [0.3, 0.4) is 0 Å². The van der Waals surface area contributed by atoms with Gasteiger partial charge in [0.1, 0.15) is 0 Å². The van der Waals surface area contributed by atoms with Gasteiger partial charge in [-0.25, -0.2) is 0 Å². The molecule has 6 rings (SSSR count). The molecule has 0 aromatic heterocycles. The van der Waals surface area contributed by atoms with Crippen molar-refractivity contribution >= 4 is 40.5 Å². The second kappa shape index (κ2) is 5.08. The third kappa shape index (κ3) is 1.70. The van der Waals surface area contributed by atoms with Gasteiger partial charge in [-0.2, -0.15) is 0 Å². The fourth-order valence-corrected chi connectivity index (χ4v) is 5.37. The summed E-state index contributed by atoms with van der Waals surface area (Å²) in [7, 11) is 0. The van der Waals surface area contributed by atoms with Crippen LogP contribution < -0.4 is 15.5 Å². The quantitative estimate of drug-likeness (QED) is 0.717. The van der Waals surface area contributed by atoms with E-state index in [2.05, 4.69) is 10.6 Å². The van der Waals surface area contributed by atoms with Gasteiger partial charge in [-0.05, 0) is 36.4 Å². The Hall–Kier alpha value is -2.99. The highest BCUT2D eigenvalue weighted by atomic mass is 35.5. The minimum Gasteiger partial charge on any atom is -0.475 e. The van der Waals surface area contributed by atoms with Crippen LogP contribution in [0.4, 0.5) is 17.1 Å². The number of hydrogen-bond acceptors (Lipinski definition) is 4. The lowest BCUT2D eigenvalue weighted by atomic mass is 9.67. The molecule has 0 aliphatic carbocycles. The van der Waals surface area contributed by atoms with Gasteiger partial charge < -0.3 is 15.4 Å². The number of para-hydroxylation sites is 2. The highest BCUT2D eigenvalue weighted by molar-refractivity contribution is 6.31. The molecule has 2 spiro atoms. The number of amides is 2. The standard InChI is InChI=1S/C21H16ClN3O3/c22-12-5-6-16-13(11-12)21(19(27)23-14-3-1-2-4-15(14)24-21)17-8-10-28-20(17)9-7-18(26)25(16)20/h1-6,8,10-11,17,24H,7,9H2,(H,23,27). The van der Waals surface area contributed by atoms with Crippen molar-refractivity contribution in [3.8, 4) is 0 Å². The first-order chi connectivity index (χ1) is 13.6. The molecule has 2 aromatic rings. The third-order valence-corrected chi connectivity index (χ3v) is 6.55. The summed E-state index contributed by atoms with van der Waals surface area (Å²) in [4.78, 5) is 28.1. The first-order valence-electron chi connectivity index (χ1n) is 9.22. The van der Waals surface area contributed by atoms with E-state index in [0.717, 1.165) is 11.4 Å². The normalized spacial score (nSPS) is 31.5. The van der Waals surface area contributed by atoms with E-state index < -0.39 is 17.2 Å². The lowest BCUT2D eigenvalue weighted by Crippen LogP contribution is -2.67. The monoisotopic (exact) mass is 393 g/mol. The van der Waals surface area contributed by atoms with Gasteiger partial charge in [0.2, 0.25) is 5.91 Å². The Morgan fingerprint density at radius 2 is 1.96 bits per heavy atom. The molecule has 0 saturated carbocycles. The average molecular weight is 394 g/mol. The Morgan fingerprint density at radius 1 is 1.14 bits per heavy atom. The highest BCUT2D eigenvalue weighted by Gasteiger charge is 2.69. The smallest absolute Gasteiger partial charge is 0.255 e. The van der Waals surface area contributed by atoms with Gasteiger partial charge in [-0.1, -0.05) is 23.7 Å². The van der Waals surface area contributed by atoms with Crippen molar-refractivity contribution in [1.82, 2.24) is 0 Å². The maximum absolute atomic E-state index is 13.6. The van der Waals surface area contributed by atoms with Crippen molar-refractivity contribution in [3.63, 3.8) is 0 Å². The number of carbonyl (C=O) groups is 2. The number of rotatable bonds is 0. The van der Waals surface area contributed by atoms with Crippen molar-refractivity contribution in [3.05, 3.63) is 65.4 Å². The number of hydrogen-bond donors (Lipinski definition) is 2. The molecule has 7 heteroatoms. The Balaban J connectivity index is 1.68. The van der Waals surface area contributed by atoms with E-state index in [1.165, 1.54) is 0 Å². The molecule has 1 fully saturated rings. The van der Waals surface area contributed by atoms with Crippen molar-refractivity contribution in [1.29, 1.82) is 0 Å². The Labute approximate surface area is 166 Å². The van der Waals surface area contributed by atoms with Crippen LogP contribution in [0.1, 0.15) is 18.4 Å². The maximum Gasteiger partial charge on any atom is 0.255 e. The molecule has 2 aromatic carbocycles. The van der Waals surface area contributed by atoms with Crippen LogP contribution in [0.15, 0.2) is 54.8 Å². The molecule has 4 aliphatic heterocycles. The number of nitrogens with one attached hydrogen (secondary N) is 2. The third-order valence-electron chi connectivity index (χ3n) is 6.31. The zero-order valence-corrected chi connectivity index (χ0v) is 15.5. The summed E-state index contributed by atoms with van der Waals surface area (Å²) >= 11 is 6.34. The minimum atomic E-state index is -1.14. The van der Waals surface area contributed by atoms with E-state index in [9.17, 15) is 9.59 Å². The second-order valence-electron chi connectivity index (χ2n) is 7.59. The van der Waals surface area contributed by atoms with Crippen LogP contribution in [0.2, 0.25) is 5.02 Å². The van der Waals surface area contributed by atoms with Gasteiger partial charge in [0.15, 0.2) is 11.3 Å². The number of halogens is 1. The second-order valence-corrected chi connectivity index (χ2v) is 8.03. The van der Waals surface area contributed by atoms with Gasteiger partial charge in [0, 0.05) is 23.4 Å². The van der Waals surface area contributed by atoms with Gasteiger partial charge in [-0.3, -0.25) is 14.5 Å². The summed E-state index contributed by atoms with van der Waals surface area (Å²) in [5, 5.41) is 7.05. The summed E-state index contributed by atoms with van der Waals surface area (Å²) < 4.78 is 6.06. The number of ether oxygens (including phenoxy) is 1. The maximum atomic E-state index is 13.6. The molecular weight excluding hydrogens is 378 g/mol. The first-order valence-corrected chi connectivity index (χ1v) is 9.60. The molecule has 140 valence electrons. The molecule has 3 atom stereocenters. The van der Waals surface area contributed by atoms with Gasteiger partial charge in [-0.15, -0.1) is 0 Å². The van der Waals surface area contributed by atoms with E-state index in [0.29, 0.717) is 29.1 Å². The fourth-order valence-electron chi connectivity index (χ4n) is 5.19. The molecule has 4 heterocycles. The molecule has 3 unspecified atom stereocenters. The van der Waals surface area contributed by atoms with Crippen molar-refractivity contribution in [2.45, 2.75) is 24.1 Å². The van der Waals surface area contributed by atoms with Crippen molar-refractivity contribution in [2.75, 3.05) is 15.5 Å². The van der Waals surface area contributed by atoms with E-state index in [1.54, 1.807) is 29.4 Å². The molecular formula is C21H16ClN3O3. The molecule has 0 radical (unpaired) electrons. The van der Waals surface area contributed by atoms with Crippen molar-refractivity contribution < 1.29 is 14.3 Å². The molecule has 28 heavy (non-hydrogen) atoms. The van der Waals surface area contributed by atoms with Crippen LogP contribution in [-0.2, 0) is 19.9 Å². The fraction of sp³-hybridized carbons (Fsp3) is 0.238. The number of carbonyl (C=O) groups excluding carboxylic acids is 2. The van der Waals surface area contributed by atoms with Crippen LogP contribution in [0, 0.1) is 5.92 Å². The van der Waals surface area contributed by atoms with Gasteiger partial charge in [0.05, 0.1) is 29.2 Å². The molecule has 0 bridgehead atoms. The SMILES string of the molecule is O=C1CCC23OC=CC2C2(Nc4ccccc4NC2=O)c2cc(Cl)ccc2N13. The summed E-state index contributed by atoms with van der Waals surface area (Å²) in [6, 6.07) is 12.9. The lowest BCUT2D eigenvalue weighted by Gasteiger charge is -2.54. The predicted molar refractivity (Wildman–Crippen MR) is 105 cm³/mol. The van der Waals surface area contributed by atoms with Crippen LogP contribution in [-0.4, -0.2) is 17.5 Å². The van der Waals surface area contributed by atoms with Crippen LogP contribution >= 0.6 is 11.6 Å². The van der Waals surface area contributed by atoms with E-state index in [4.69, 9.17) is 16.3 Å². The lowest BCUT2D eigenvalue weighted by molar-refractivity contribution is -0.128. The summed E-state index contributed by atoms with van der Waals surface area (Å²) in [6.45, 7) is 0. The van der Waals surface area contributed by atoms with Gasteiger partial charge in [0.25, 0.3) is 5.91 Å². The number of nitrogens with zero attached hydrogens (tertiary/aromatic N) is 1. The number of anilines is 3.